The fourth-order valence-electron chi connectivity index (χ4n) is 0.584. The number of ether oxygens (including phenoxy) is 2. The highest BCUT2D eigenvalue weighted by atomic mass is 35.5. The number of alkyl halides is 1. The van der Waals surface area contributed by atoms with Gasteiger partial charge >= 0.3 is 0 Å². The van der Waals surface area contributed by atoms with Gasteiger partial charge in [0.2, 0.25) is 0 Å². The molecule has 0 fully saturated rings. The molecule has 0 spiro atoms. The second-order valence-electron chi connectivity index (χ2n) is 1.76. The van der Waals surface area contributed by atoms with Crippen LogP contribution in [0.1, 0.15) is 13.3 Å². The van der Waals surface area contributed by atoms with Crippen molar-refractivity contribution in [2.24, 2.45) is 0 Å². The Morgan fingerprint density at radius 3 is 1.89 bits per heavy atom. The molecule has 0 aliphatic carbocycles. The normalized spacial score (nSPS) is 14.3. The maximum Gasteiger partial charge on any atom is 0.172 e. The molecule has 9 heavy (non-hydrogen) atoms. The molecule has 1 atom stereocenters. The first kappa shape index (κ1) is 9.21. The van der Waals surface area contributed by atoms with Crippen molar-refractivity contribution >= 4 is 11.6 Å². The second kappa shape index (κ2) is 5.03. The van der Waals surface area contributed by atoms with Crippen LogP contribution in [-0.4, -0.2) is 25.9 Å². The van der Waals surface area contributed by atoms with Crippen LogP contribution in [-0.2, 0) is 9.47 Å². The van der Waals surface area contributed by atoms with Gasteiger partial charge in [-0.1, -0.05) is 6.92 Å². The molecule has 1 unspecified atom stereocenters. The predicted molar refractivity (Wildman–Crippen MR) is 37.7 cm³/mol. The summed E-state index contributed by atoms with van der Waals surface area (Å²) in [5, 5.41) is -0.0417. The Morgan fingerprint density at radius 2 is 1.78 bits per heavy atom. The van der Waals surface area contributed by atoms with Gasteiger partial charge in [-0.15, -0.1) is 11.6 Å². The van der Waals surface area contributed by atoms with Gasteiger partial charge in [0, 0.05) is 14.2 Å². The molecule has 0 radical (unpaired) electrons. The van der Waals surface area contributed by atoms with Gasteiger partial charge < -0.3 is 9.47 Å². The van der Waals surface area contributed by atoms with E-state index >= 15 is 0 Å². The summed E-state index contributed by atoms with van der Waals surface area (Å²) < 4.78 is 9.80. The highest BCUT2D eigenvalue weighted by molar-refractivity contribution is 6.20. The lowest BCUT2D eigenvalue weighted by Gasteiger charge is -2.16. The average Bonchev–Trinajstić information content (AvgIpc) is 1.90. The largest absolute Gasteiger partial charge is 0.354 e. The Hall–Kier alpha value is 0.210. The molecule has 0 aromatic heterocycles. The Labute approximate surface area is 61.1 Å². The number of hydrogen-bond acceptors (Lipinski definition) is 2. The molecule has 0 N–H and O–H groups in total. The smallest absolute Gasteiger partial charge is 0.172 e. The van der Waals surface area contributed by atoms with E-state index in [4.69, 9.17) is 21.1 Å². The minimum absolute atomic E-state index is 0.0417. The van der Waals surface area contributed by atoms with Crippen LogP contribution < -0.4 is 0 Å². The van der Waals surface area contributed by atoms with Gasteiger partial charge in [0.25, 0.3) is 0 Å². The summed E-state index contributed by atoms with van der Waals surface area (Å²) in [5.41, 5.74) is 0. The summed E-state index contributed by atoms with van der Waals surface area (Å²) in [5.74, 6) is 0. The van der Waals surface area contributed by atoms with Gasteiger partial charge in [0.1, 0.15) is 0 Å². The molecule has 0 heterocycles. The third kappa shape index (κ3) is 3.04. The highest BCUT2D eigenvalue weighted by Gasteiger charge is 2.14. The first-order chi connectivity index (χ1) is 4.26. The van der Waals surface area contributed by atoms with E-state index in [9.17, 15) is 0 Å². The molecule has 0 aliphatic heterocycles. The molecule has 0 aliphatic rings. The monoisotopic (exact) mass is 152 g/mol. The van der Waals surface area contributed by atoms with Crippen molar-refractivity contribution in [3.05, 3.63) is 0 Å². The van der Waals surface area contributed by atoms with Crippen LogP contribution in [0.25, 0.3) is 0 Å². The SMILES string of the molecule is CCC(Cl)C(OC)OC. The Balaban J connectivity index is 3.50. The summed E-state index contributed by atoms with van der Waals surface area (Å²) in [6.07, 6.45) is 0.588. The van der Waals surface area contributed by atoms with Gasteiger partial charge in [-0.3, -0.25) is 0 Å². The van der Waals surface area contributed by atoms with Gasteiger partial charge in [-0.25, -0.2) is 0 Å². The predicted octanol–water partition coefficient (Wildman–Crippen LogP) is 1.62. The molecule has 0 rings (SSSR count). The van der Waals surface area contributed by atoms with Gasteiger partial charge in [0.15, 0.2) is 6.29 Å². The molecule has 0 amide bonds. The minimum Gasteiger partial charge on any atom is -0.354 e. The fraction of sp³-hybridized carbons (Fsp3) is 1.00. The summed E-state index contributed by atoms with van der Waals surface area (Å²) in [6, 6.07) is 0. The Kier molecular flexibility index (Phi) is 5.15. The van der Waals surface area contributed by atoms with Crippen molar-refractivity contribution in [1.29, 1.82) is 0 Å². The molecule has 2 nitrogen and oxygen atoms in total. The molecule has 0 aromatic rings. The topological polar surface area (TPSA) is 18.5 Å². The van der Waals surface area contributed by atoms with E-state index in [-0.39, 0.29) is 11.7 Å². The molecular weight excluding hydrogens is 140 g/mol. The fourth-order valence-corrected chi connectivity index (χ4v) is 0.790. The molecule has 0 saturated heterocycles. The summed E-state index contributed by atoms with van der Waals surface area (Å²) in [7, 11) is 3.17. The van der Waals surface area contributed by atoms with Crippen molar-refractivity contribution in [3.63, 3.8) is 0 Å². The van der Waals surface area contributed by atoms with Crippen LogP contribution in [0.4, 0.5) is 0 Å². The van der Waals surface area contributed by atoms with Crippen molar-refractivity contribution in [2.45, 2.75) is 25.0 Å². The lowest BCUT2D eigenvalue weighted by molar-refractivity contribution is -0.103. The van der Waals surface area contributed by atoms with E-state index in [0.29, 0.717) is 0 Å². The quantitative estimate of drug-likeness (QED) is 0.450. The first-order valence-electron chi connectivity index (χ1n) is 2.95. The molecule has 0 aromatic carbocycles. The molecule has 0 saturated carbocycles. The van der Waals surface area contributed by atoms with Gasteiger partial charge in [0.05, 0.1) is 5.38 Å². The van der Waals surface area contributed by atoms with Crippen molar-refractivity contribution in [1.82, 2.24) is 0 Å². The van der Waals surface area contributed by atoms with Crippen molar-refractivity contribution < 1.29 is 9.47 Å². The lowest BCUT2D eigenvalue weighted by Crippen LogP contribution is -2.24. The number of hydrogen-bond donors (Lipinski definition) is 0. The summed E-state index contributed by atoms with van der Waals surface area (Å²) in [4.78, 5) is 0. The number of methoxy groups -OCH3 is 2. The van der Waals surface area contributed by atoms with Crippen LogP contribution in [0, 0.1) is 0 Å². The highest BCUT2D eigenvalue weighted by Crippen LogP contribution is 2.09. The third-order valence-electron chi connectivity index (χ3n) is 1.15. The Morgan fingerprint density at radius 1 is 1.33 bits per heavy atom. The average molecular weight is 153 g/mol. The maximum atomic E-state index is 5.78. The number of rotatable bonds is 4. The molecule has 0 bridgehead atoms. The zero-order chi connectivity index (χ0) is 7.28. The van der Waals surface area contributed by atoms with E-state index in [1.165, 1.54) is 0 Å². The zero-order valence-corrected chi connectivity index (χ0v) is 6.81. The van der Waals surface area contributed by atoms with Crippen molar-refractivity contribution in [2.75, 3.05) is 14.2 Å². The molecular formula is C6H13ClO2. The maximum absolute atomic E-state index is 5.78. The van der Waals surface area contributed by atoms with Gasteiger partial charge in [-0.05, 0) is 6.42 Å². The van der Waals surface area contributed by atoms with E-state index in [1.54, 1.807) is 14.2 Å². The van der Waals surface area contributed by atoms with E-state index in [1.807, 2.05) is 6.92 Å². The standard InChI is InChI=1S/C6H13ClO2/c1-4-5(7)6(8-2)9-3/h5-6H,4H2,1-3H3. The van der Waals surface area contributed by atoms with Crippen LogP contribution >= 0.6 is 11.6 Å². The number of halogens is 1. The van der Waals surface area contributed by atoms with Crippen LogP contribution in [0.15, 0.2) is 0 Å². The Bertz CT molecular complexity index is 64.1. The third-order valence-corrected chi connectivity index (χ3v) is 1.66. The molecule has 3 heteroatoms. The van der Waals surface area contributed by atoms with Crippen LogP contribution in [0.3, 0.4) is 0 Å². The van der Waals surface area contributed by atoms with Crippen LogP contribution in [0.5, 0.6) is 0 Å². The van der Waals surface area contributed by atoms with Gasteiger partial charge in [-0.2, -0.15) is 0 Å². The molecule has 56 valence electrons. The lowest BCUT2D eigenvalue weighted by atomic mass is 10.3. The first-order valence-corrected chi connectivity index (χ1v) is 3.39. The second-order valence-corrected chi connectivity index (χ2v) is 2.32. The minimum atomic E-state index is -0.267. The summed E-state index contributed by atoms with van der Waals surface area (Å²) >= 11 is 5.78. The summed E-state index contributed by atoms with van der Waals surface area (Å²) in [6.45, 7) is 1.99. The van der Waals surface area contributed by atoms with Crippen LogP contribution in [0.2, 0.25) is 0 Å². The van der Waals surface area contributed by atoms with E-state index in [2.05, 4.69) is 0 Å². The van der Waals surface area contributed by atoms with E-state index in [0.717, 1.165) is 6.42 Å². The zero-order valence-electron chi connectivity index (χ0n) is 6.06. The van der Waals surface area contributed by atoms with E-state index < -0.39 is 0 Å². The van der Waals surface area contributed by atoms with Crippen molar-refractivity contribution in [3.8, 4) is 0 Å².